The summed E-state index contributed by atoms with van der Waals surface area (Å²) in [7, 11) is -1.86. The first kappa shape index (κ1) is 16.5. The third kappa shape index (κ3) is 2.76. The average Bonchev–Trinajstić information content (AvgIpc) is 3.05. The molecule has 0 spiro atoms. The lowest BCUT2D eigenvalue weighted by molar-refractivity contribution is 0.569. The highest BCUT2D eigenvalue weighted by Gasteiger charge is 2.21. The second kappa shape index (κ2) is 5.91. The number of nitrogens with zero attached hydrogens (tertiary/aromatic N) is 3. The van der Waals surface area contributed by atoms with Crippen molar-refractivity contribution in [1.82, 2.24) is 24.1 Å². The maximum atomic E-state index is 12.5. The zero-order valence-electron chi connectivity index (χ0n) is 13.7. The highest BCUT2D eigenvalue weighted by Crippen LogP contribution is 2.16. The van der Waals surface area contributed by atoms with E-state index < -0.39 is 10.0 Å². The molecule has 3 aromatic heterocycles. The lowest BCUT2D eigenvalue weighted by Crippen LogP contribution is -2.31. The molecule has 0 saturated heterocycles. The van der Waals surface area contributed by atoms with Crippen LogP contribution >= 0.6 is 0 Å². The molecular formula is C15H19N5O3S. The molecule has 0 aliphatic heterocycles. The van der Waals surface area contributed by atoms with E-state index in [0.717, 1.165) is 5.39 Å². The predicted molar refractivity (Wildman–Crippen MR) is 90.4 cm³/mol. The number of aromatic nitrogens is 4. The number of sulfonamides is 1. The van der Waals surface area contributed by atoms with Gasteiger partial charge in [-0.05, 0) is 26.0 Å². The van der Waals surface area contributed by atoms with Crippen LogP contribution < -0.4 is 10.3 Å². The zero-order valence-corrected chi connectivity index (χ0v) is 14.5. The molecule has 3 rings (SSSR count). The van der Waals surface area contributed by atoms with Crippen molar-refractivity contribution in [2.45, 2.75) is 25.3 Å². The number of pyridine rings is 1. The number of H-pyrrole nitrogens is 1. The minimum atomic E-state index is -3.67. The molecule has 0 aliphatic carbocycles. The Morgan fingerprint density at radius 1 is 1.25 bits per heavy atom. The van der Waals surface area contributed by atoms with Crippen molar-refractivity contribution in [3.8, 4) is 0 Å². The van der Waals surface area contributed by atoms with E-state index >= 15 is 0 Å². The van der Waals surface area contributed by atoms with E-state index in [1.807, 2.05) is 18.3 Å². The van der Waals surface area contributed by atoms with E-state index in [4.69, 9.17) is 0 Å². The minimum Gasteiger partial charge on any atom is -0.346 e. The second-order valence-electron chi connectivity index (χ2n) is 5.71. The fourth-order valence-corrected chi connectivity index (χ4v) is 4.20. The highest BCUT2D eigenvalue weighted by atomic mass is 32.2. The molecular weight excluding hydrogens is 330 g/mol. The van der Waals surface area contributed by atoms with Gasteiger partial charge in [-0.2, -0.15) is 5.10 Å². The van der Waals surface area contributed by atoms with Gasteiger partial charge in [-0.15, -0.1) is 0 Å². The molecule has 0 unspecified atom stereocenters. The summed E-state index contributed by atoms with van der Waals surface area (Å²) in [6.45, 7) is 3.64. The Kier molecular flexibility index (Phi) is 4.06. The van der Waals surface area contributed by atoms with Crippen LogP contribution in [0.3, 0.4) is 0 Å². The van der Waals surface area contributed by atoms with Crippen LogP contribution in [-0.4, -0.2) is 34.3 Å². The van der Waals surface area contributed by atoms with Crippen LogP contribution in [0.2, 0.25) is 0 Å². The van der Waals surface area contributed by atoms with Gasteiger partial charge in [-0.1, -0.05) is 0 Å². The van der Waals surface area contributed by atoms with E-state index in [1.165, 1.54) is 4.57 Å². The lowest BCUT2D eigenvalue weighted by atomic mass is 10.3. The van der Waals surface area contributed by atoms with Crippen molar-refractivity contribution >= 4 is 20.9 Å². The van der Waals surface area contributed by atoms with Crippen molar-refractivity contribution in [2.75, 3.05) is 6.54 Å². The van der Waals surface area contributed by atoms with Crippen molar-refractivity contribution in [3.05, 3.63) is 46.3 Å². The van der Waals surface area contributed by atoms with Crippen molar-refractivity contribution in [2.24, 2.45) is 7.05 Å². The first-order valence-electron chi connectivity index (χ1n) is 7.47. The van der Waals surface area contributed by atoms with E-state index in [9.17, 15) is 13.2 Å². The Morgan fingerprint density at radius 2 is 1.96 bits per heavy atom. The van der Waals surface area contributed by atoms with E-state index in [0.29, 0.717) is 16.9 Å². The molecule has 0 aliphatic rings. The molecule has 0 atom stereocenters. The molecule has 0 amide bonds. The van der Waals surface area contributed by atoms with Crippen LogP contribution in [0.1, 0.15) is 11.4 Å². The minimum absolute atomic E-state index is 0.113. The van der Waals surface area contributed by atoms with Crippen LogP contribution in [0.4, 0.5) is 0 Å². The van der Waals surface area contributed by atoms with Crippen LogP contribution in [0.25, 0.3) is 10.9 Å². The van der Waals surface area contributed by atoms with Crippen molar-refractivity contribution in [1.29, 1.82) is 0 Å². The Bertz CT molecular complexity index is 1040. The van der Waals surface area contributed by atoms with E-state index in [1.54, 1.807) is 31.7 Å². The fraction of sp³-hybridized carbons (Fsp3) is 0.333. The van der Waals surface area contributed by atoms with Gasteiger partial charge in [0, 0.05) is 37.9 Å². The summed E-state index contributed by atoms with van der Waals surface area (Å²) in [6.07, 6.45) is 3.50. The Morgan fingerprint density at radius 3 is 2.62 bits per heavy atom. The molecule has 2 N–H and O–H groups in total. The van der Waals surface area contributed by atoms with Gasteiger partial charge in [-0.25, -0.2) is 13.1 Å². The molecule has 0 fully saturated rings. The third-order valence-electron chi connectivity index (χ3n) is 3.98. The Balaban J connectivity index is 1.79. The fourth-order valence-electron chi connectivity index (χ4n) is 2.82. The third-order valence-corrected chi connectivity index (χ3v) is 5.70. The van der Waals surface area contributed by atoms with Crippen LogP contribution in [0, 0.1) is 13.8 Å². The Labute approximate surface area is 139 Å². The SMILES string of the molecule is Cc1n[nH]c(C)c1S(=O)(=O)NCCn1ccc2ccn(C)c2c1=O. The monoisotopic (exact) mass is 349 g/mol. The average molecular weight is 349 g/mol. The van der Waals surface area contributed by atoms with E-state index in [2.05, 4.69) is 14.9 Å². The van der Waals surface area contributed by atoms with Gasteiger partial charge in [0.25, 0.3) is 5.56 Å². The van der Waals surface area contributed by atoms with Gasteiger partial charge in [0.1, 0.15) is 10.4 Å². The summed E-state index contributed by atoms with van der Waals surface area (Å²) < 4.78 is 30.5. The van der Waals surface area contributed by atoms with Crippen LogP contribution in [-0.2, 0) is 23.6 Å². The number of fused-ring (bicyclic) bond motifs is 1. The van der Waals surface area contributed by atoms with Crippen LogP contribution in [0.15, 0.2) is 34.2 Å². The topological polar surface area (TPSA) is 102 Å². The number of hydrogen-bond acceptors (Lipinski definition) is 4. The number of hydrogen-bond donors (Lipinski definition) is 2. The molecule has 0 aromatic carbocycles. The quantitative estimate of drug-likeness (QED) is 0.706. The summed E-state index contributed by atoms with van der Waals surface area (Å²) >= 11 is 0. The normalized spacial score (nSPS) is 12.1. The van der Waals surface area contributed by atoms with Crippen molar-refractivity contribution < 1.29 is 8.42 Å². The van der Waals surface area contributed by atoms with Gasteiger partial charge in [0.15, 0.2) is 0 Å². The summed E-state index contributed by atoms with van der Waals surface area (Å²) in [5, 5.41) is 7.42. The summed E-state index contributed by atoms with van der Waals surface area (Å²) in [5.41, 5.74) is 1.36. The summed E-state index contributed by atoms with van der Waals surface area (Å²) in [5.74, 6) is 0. The summed E-state index contributed by atoms with van der Waals surface area (Å²) in [4.78, 5) is 12.6. The first-order valence-corrected chi connectivity index (χ1v) is 8.95. The molecule has 128 valence electrons. The standard InChI is InChI=1S/C15H19N5O3S/c1-10-14(11(2)18-17-10)24(22,23)16-6-9-20-8-5-12-4-7-19(3)13(12)15(20)21/h4-5,7-8,16H,6,9H2,1-3H3,(H,17,18). The predicted octanol–water partition coefficient (Wildman–Crippen LogP) is 0.658. The largest absolute Gasteiger partial charge is 0.346 e. The van der Waals surface area contributed by atoms with Gasteiger partial charge in [0.05, 0.1) is 11.4 Å². The van der Waals surface area contributed by atoms with Crippen LogP contribution in [0.5, 0.6) is 0 Å². The van der Waals surface area contributed by atoms with Gasteiger partial charge in [-0.3, -0.25) is 9.89 Å². The molecule has 3 aromatic rings. The Hall–Kier alpha value is -2.39. The molecule has 0 radical (unpaired) electrons. The molecule has 0 bridgehead atoms. The molecule has 9 heteroatoms. The molecule has 3 heterocycles. The lowest BCUT2D eigenvalue weighted by Gasteiger charge is -2.09. The molecule has 24 heavy (non-hydrogen) atoms. The smallest absolute Gasteiger partial charge is 0.275 e. The number of aromatic amines is 1. The zero-order chi connectivity index (χ0) is 17.5. The first-order chi connectivity index (χ1) is 11.3. The number of aryl methyl sites for hydroxylation is 3. The van der Waals surface area contributed by atoms with Gasteiger partial charge in [0.2, 0.25) is 10.0 Å². The maximum Gasteiger partial charge on any atom is 0.275 e. The van der Waals surface area contributed by atoms with Crippen molar-refractivity contribution in [3.63, 3.8) is 0 Å². The molecule has 8 nitrogen and oxygen atoms in total. The number of rotatable bonds is 5. The number of nitrogens with one attached hydrogen (secondary N) is 2. The maximum absolute atomic E-state index is 12.5. The highest BCUT2D eigenvalue weighted by molar-refractivity contribution is 7.89. The van der Waals surface area contributed by atoms with E-state index in [-0.39, 0.29) is 23.5 Å². The van der Waals surface area contributed by atoms with Gasteiger partial charge >= 0.3 is 0 Å². The molecule has 0 saturated carbocycles. The van der Waals surface area contributed by atoms with Gasteiger partial charge < -0.3 is 9.13 Å². The summed E-state index contributed by atoms with van der Waals surface area (Å²) in [6, 6.07) is 3.71. The second-order valence-corrected chi connectivity index (χ2v) is 7.41.